The standard InChI is InChI=1S/C17H33N7O7/c1-8(2)12(16(30)31)24-14(28)10(4-3-5-21-17(19)20)22-15(29)11(7-26)23-13(27)9(18)6-25/h8-12,25-26H,3-7,18H2,1-2H3,(H,22,29)(H,23,27)(H,24,28)(H,30,31)(H4,19,20,21). The number of nitrogens with one attached hydrogen (secondary N) is 3. The van der Waals surface area contributed by atoms with Crippen molar-refractivity contribution in [2.75, 3.05) is 19.8 Å². The number of nitrogens with two attached hydrogens (primary N) is 3. The van der Waals surface area contributed by atoms with Crippen LogP contribution in [0.4, 0.5) is 0 Å². The molecule has 31 heavy (non-hydrogen) atoms. The quantitative estimate of drug-likeness (QED) is 0.0700. The van der Waals surface area contributed by atoms with E-state index in [1.165, 1.54) is 0 Å². The lowest BCUT2D eigenvalue weighted by Gasteiger charge is -2.25. The third-order valence-electron chi connectivity index (χ3n) is 4.16. The van der Waals surface area contributed by atoms with Gasteiger partial charge in [0.15, 0.2) is 5.96 Å². The maximum atomic E-state index is 12.6. The second-order valence-corrected chi connectivity index (χ2v) is 7.11. The van der Waals surface area contributed by atoms with Crippen molar-refractivity contribution in [3.8, 4) is 0 Å². The maximum absolute atomic E-state index is 12.6. The number of carboxylic acid groups (broad SMARTS) is 1. The van der Waals surface area contributed by atoms with Crippen LogP contribution < -0.4 is 33.2 Å². The van der Waals surface area contributed by atoms with Gasteiger partial charge in [0.05, 0.1) is 13.2 Å². The molecule has 14 nitrogen and oxygen atoms in total. The van der Waals surface area contributed by atoms with Gasteiger partial charge < -0.3 is 48.5 Å². The lowest BCUT2D eigenvalue weighted by molar-refractivity contribution is -0.143. The van der Waals surface area contributed by atoms with E-state index in [0.29, 0.717) is 0 Å². The van der Waals surface area contributed by atoms with Gasteiger partial charge >= 0.3 is 5.97 Å². The lowest BCUT2D eigenvalue weighted by Crippen LogP contribution is -2.58. The topological polar surface area (TPSA) is 255 Å². The van der Waals surface area contributed by atoms with Gasteiger partial charge in [-0.15, -0.1) is 0 Å². The minimum absolute atomic E-state index is 0.0427. The number of carbonyl (C=O) groups excluding carboxylic acids is 3. The molecule has 4 unspecified atom stereocenters. The van der Waals surface area contributed by atoms with E-state index in [1.54, 1.807) is 13.8 Å². The van der Waals surface area contributed by atoms with Crippen molar-refractivity contribution in [3.05, 3.63) is 0 Å². The zero-order valence-corrected chi connectivity index (χ0v) is 17.6. The molecule has 3 amide bonds. The molecular weight excluding hydrogens is 414 g/mol. The molecule has 0 aromatic rings. The van der Waals surface area contributed by atoms with Gasteiger partial charge in [0.25, 0.3) is 0 Å². The molecule has 0 rings (SSSR count). The Morgan fingerprint density at radius 3 is 1.90 bits per heavy atom. The van der Waals surface area contributed by atoms with Crippen molar-refractivity contribution < 1.29 is 34.5 Å². The molecule has 12 N–H and O–H groups in total. The summed E-state index contributed by atoms with van der Waals surface area (Å²) in [6.45, 7) is 1.88. The summed E-state index contributed by atoms with van der Waals surface area (Å²) in [6, 6.07) is -5.14. The Hall–Kier alpha value is -2.97. The van der Waals surface area contributed by atoms with Crippen molar-refractivity contribution in [1.82, 2.24) is 16.0 Å². The summed E-state index contributed by atoms with van der Waals surface area (Å²) in [4.78, 5) is 52.0. The Balaban J connectivity index is 5.35. The van der Waals surface area contributed by atoms with Crippen LogP contribution in [0.5, 0.6) is 0 Å². The minimum atomic E-state index is -1.45. The molecule has 0 saturated carbocycles. The molecule has 14 heteroatoms. The van der Waals surface area contributed by atoms with Crippen LogP contribution in [0.2, 0.25) is 0 Å². The smallest absolute Gasteiger partial charge is 0.326 e. The molecule has 0 aromatic heterocycles. The van der Waals surface area contributed by atoms with E-state index in [4.69, 9.17) is 22.3 Å². The zero-order valence-electron chi connectivity index (χ0n) is 17.6. The monoisotopic (exact) mass is 447 g/mol. The molecule has 0 heterocycles. The summed E-state index contributed by atoms with van der Waals surface area (Å²) >= 11 is 0. The highest BCUT2D eigenvalue weighted by Crippen LogP contribution is 2.05. The average molecular weight is 447 g/mol. The second kappa shape index (κ2) is 14.1. The molecule has 0 saturated heterocycles. The molecule has 0 bridgehead atoms. The van der Waals surface area contributed by atoms with E-state index in [0.717, 1.165) is 0 Å². The number of nitrogens with zero attached hydrogens (tertiary/aromatic N) is 1. The van der Waals surface area contributed by atoms with Crippen LogP contribution in [0.3, 0.4) is 0 Å². The number of hydrogen-bond donors (Lipinski definition) is 9. The molecule has 0 aliphatic carbocycles. The van der Waals surface area contributed by atoms with E-state index in [9.17, 15) is 29.4 Å². The summed E-state index contributed by atoms with van der Waals surface area (Å²) in [5.41, 5.74) is 15.8. The van der Waals surface area contributed by atoms with Gasteiger partial charge in [-0.2, -0.15) is 0 Å². The third kappa shape index (κ3) is 10.6. The highest BCUT2D eigenvalue weighted by atomic mass is 16.4. The van der Waals surface area contributed by atoms with Crippen molar-refractivity contribution >= 4 is 29.7 Å². The molecule has 0 aliphatic rings. The lowest BCUT2D eigenvalue weighted by atomic mass is 10.0. The minimum Gasteiger partial charge on any atom is -0.480 e. The van der Waals surface area contributed by atoms with Crippen LogP contribution >= 0.6 is 0 Å². The van der Waals surface area contributed by atoms with E-state index in [1.807, 2.05) is 0 Å². The predicted octanol–water partition coefficient (Wildman–Crippen LogP) is -4.45. The Labute approximate surface area is 179 Å². The number of hydrogen-bond acceptors (Lipinski definition) is 8. The molecule has 178 valence electrons. The van der Waals surface area contributed by atoms with Crippen molar-refractivity contribution in [2.24, 2.45) is 28.1 Å². The van der Waals surface area contributed by atoms with Gasteiger partial charge in [0.1, 0.15) is 24.2 Å². The number of carboxylic acids is 1. The van der Waals surface area contributed by atoms with E-state index < -0.39 is 67.0 Å². The van der Waals surface area contributed by atoms with Crippen molar-refractivity contribution in [3.63, 3.8) is 0 Å². The van der Waals surface area contributed by atoms with Gasteiger partial charge in [-0.3, -0.25) is 19.4 Å². The largest absolute Gasteiger partial charge is 0.480 e. The first kappa shape index (κ1) is 28.0. The fourth-order valence-corrected chi connectivity index (χ4v) is 2.37. The molecule has 0 fully saturated rings. The SMILES string of the molecule is CC(C)C(NC(=O)C(CCCN=C(N)N)NC(=O)C(CO)NC(=O)C(N)CO)C(=O)O. The van der Waals surface area contributed by atoms with Gasteiger partial charge in [-0.05, 0) is 18.8 Å². The number of aliphatic imine (C=N–C) groups is 1. The van der Waals surface area contributed by atoms with Crippen LogP contribution in [0.15, 0.2) is 4.99 Å². The number of amides is 3. The molecule has 0 spiro atoms. The third-order valence-corrected chi connectivity index (χ3v) is 4.16. The van der Waals surface area contributed by atoms with Gasteiger partial charge in [-0.25, -0.2) is 4.79 Å². The normalized spacial score (nSPS) is 14.6. The van der Waals surface area contributed by atoms with Crippen LogP contribution in [-0.2, 0) is 19.2 Å². The molecule has 0 radical (unpaired) electrons. The Kier molecular flexibility index (Phi) is 12.8. The van der Waals surface area contributed by atoms with Crippen LogP contribution in [0, 0.1) is 5.92 Å². The number of carbonyl (C=O) groups is 4. The summed E-state index contributed by atoms with van der Waals surface area (Å²) < 4.78 is 0. The van der Waals surface area contributed by atoms with Crippen molar-refractivity contribution in [2.45, 2.75) is 50.9 Å². The second-order valence-electron chi connectivity index (χ2n) is 7.11. The predicted molar refractivity (Wildman–Crippen MR) is 110 cm³/mol. The van der Waals surface area contributed by atoms with Gasteiger partial charge in [-0.1, -0.05) is 13.8 Å². The first-order valence-electron chi connectivity index (χ1n) is 9.61. The van der Waals surface area contributed by atoms with E-state index >= 15 is 0 Å². The van der Waals surface area contributed by atoms with Crippen LogP contribution in [0.1, 0.15) is 26.7 Å². The van der Waals surface area contributed by atoms with E-state index in [-0.39, 0.29) is 25.3 Å². The van der Waals surface area contributed by atoms with E-state index in [2.05, 4.69) is 20.9 Å². The van der Waals surface area contributed by atoms with Crippen LogP contribution in [-0.4, -0.2) is 88.9 Å². The number of aliphatic hydroxyl groups excluding tert-OH is 2. The molecule has 0 aliphatic heterocycles. The van der Waals surface area contributed by atoms with Crippen molar-refractivity contribution in [1.29, 1.82) is 0 Å². The molecule has 4 atom stereocenters. The van der Waals surface area contributed by atoms with Crippen LogP contribution in [0.25, 0.3) is 0 Å². The fourth-order valence-electron chi connectivity index (χ4n) is 2.37. The Morgan fingerprint density at radius 2 is 1.45 bits per heavy atom. The summed E-state index contributed by atoms with van der Waals surface area (Å²) in [5.74, 6) is -4.37. The summed E-state index contributed by atoms with van der Waals surface area (Å²) in [6.07, 6.45) is 0.308. The first-order chi connectivity index (χ1) is 14.4. The molecular formula is C17H33N7O7. The highest BCUT2D eigenvalue weighted by molar-refractivity contribution is 5.94. The maximum Gasteiger partial charge on any atom is 0.326 e. The average Bonchev–Trinajstić information content (AvgIpc) is 2.70. The van der Waals surface area contributed by atoms with Gasteiger partial charge in [0, 0.05) is 6.54 Å². The molecule has 0 aromatic carbocycles. The Bertz CT molecular complexity index is 653. The number of guanidine groups is 1. The first-order valence-corrected chi connectivity index (χ1v) is 9.61. The Morgan fingerprint density at radius 1 is 0.903 bits per heavy atom. The number of aliphatic carboxylic acids is 1. The fraction of sp³-hybridized carbons (Fsp3) is 0.706. The summed E-state index contributed by atoms with van der Waals surface area (Å²) in [5, 5.41) is 34.5. The summed E-state index contributed by atoms with van der Waals surface area (Å²) in [7, 11) is 0. The highest BCUT2D eigenvalue weighted by Gasteiger charge is 2.30. The van der Waals surface area contributed by atoms with Gasteiger partial charge in [0.2, 0.25) is 17.7 Å². The zero-order chi connectivity index (χ0) is 24.1. The number of aliphatic hydroxyl groups is 2. The number of rotatable bonds is 14.